The summed E-state index contributed by atoms with van der Waals surface area (Å²) in [4.78, 5) is 41.2. The highest BCUT2D eigenvalue weighted by molar-refractivity contribution is 5.92. The molecule has 0 saturated carbocycles. The second-order valence-electron chi connectivity index (χ2n) is 8.19. The summed E-state index contributed by atoms with van der Waals surface area (Å²) in [5.74, 6) is -0.419. The van der Waals surface area contributed by atoms with Crippen molar-refractivity contribution in [1.82, 2.24) is 19.2 Å². The minimum absolute atomic E-state index is 0.0750. The first-order valence-electron chi connectivity index (χ1n) is 10.5. The fourth-order valence-corrected chi connectivity index (χ4v) is 3.76. The zero-order valence-electron chi connectivity index (χ0n) is 18.1. The van der Waals surface area contributed by atoms with Gasteiger partial charge in [-0.15, -0.1) is 0 Å². The molecule has 1 aliphatic rings. The molecule has 31 heavy (non-hydrogen) atoms. The highest BCUT2D eigenvalue weighted by Crippen LogP contribution is 2.13. The lowest BCUT2D eigenvalue weighted by atomic mass is 10.1. The van der Waals surface area contributed by atoms with Crippen LogP contribution in [0.4, 0.5) is 0 Å². The fourth-order valence-electron chi connectivity index (χ4n) is 3.76. The van der Waals surface area contributed by atoms with Gasteiger partial charge in [-0.2, -0.15) is 9.78 Å². The predicted octanol–water partition coefficient (Wildman–Crippen LogP) is 2.60. The van der Waals surface area contributed by atoms with Gasteiger partial charge in [-0.1, -0.05) is 35.9 Å². The van der Waals surface area contributed by atoms with E-state index in [0.717, 1.165) is 39.7 Å². The number of benzene rings is 2. The largest absolute Gasteiger partial charge is 0.352 e. The molecule has 4 rings (SSSR count). The number of hydrogen-bond donors (Lipinski definition) is 0. The van der Waals surface area contributed by atoms with Gasteiger partial charge in [0.2, 0.25) is 5.69 Å². The predicted molar refractivity (Wildman–Crippen MR) is 119 cm³/mol. The summed E-state index contributed by atoms with van der Waals surface area (Å²) in [5.41, 5.74) is 3.07. The van der Waals surface area contributed by atoms with Gasteiger partial charge < -0.3 is 4.90 Å². The van der Waals surface area contributed by atoms with Crippen LogP contribution in [0, 0.1) is 20.8 Å². The summed E-state index contributed by atoms with van der Waals surface area (Å²) >= 11 is 0. The summed E-state index contributed by atoms with van der Waals surface area (Å²) in [5, 5.41) is 4.25. The molecular weight excluding hydrogens is 392 g/mol. The molecule has 0 atom stereocenters. The Bertz CT molecular complexity index is 1250. The van der Waals surface area contributed by atoms with Crippen molar-refractivity contribution in [2.24, 2.45) is 0 Å². The zero-order valence-corrected chi connectivity index (χ0v) is 18.1. The van der Waals surface area contributed by atoms with Crippen LogP contribution in [0.2, 0.25) is 0 Å². The van der Waals surface area contributed by atoms with Crippen molar-refractivity contribution in [3.8, 4) is 5.69 Å². The van der Waals surface area contributed by atoms with Gasteiger partial charge in [0.15, 0.2) is 0 Å². The summed E-state index contributed by atoms with van der Waals surface area (Å²) in [6, 6.07) is 13.1. The minimum Gasteiger partial charge on any atom is -0.337 e. The van der Waals surface area contributed by atoms with Gasteiger partial charge in [-0.3, -0.25) is 14.2 Å². The van der Waals surface area contributed by atoms with Gasteiger partial charge in [0.25, 0.3) is 11.5 Å². The molecule has 1 fully saturated rings. The van der Waals surface area contributed by atoms with E-state index in [2.05, 4.69) is 5.10 Å². The van der Waals surface area contributed by atoms with Crippen molar-refractivity contribution in [2.75, 3.05) is 13.1 Å². The Balaban J connectivity index is 1.89. The van der Waals surface area contributed by atoms with Gasteiger partial charge in [0.1, 0.15) is 0 Å². The Morgan fingerprint density at radius 2 is 1.61 bits per heavy atom. The van der Waals surface area contributed by atoms with Crippen LogP contribution in [0.3, 0.4) is 0 Å². The Morgan fingerprint density at radius 1 is 0.935 bits per heavy atom. The van der Waals surface area contributed by atoms with Crippen LogP contribution in [0.25, 0.3) is 5.69 Å². The third-order valence-electron chi connectivity index (χ3n) is 5.85. The third-order valence-corrected chi connectivity index (χ3v) is 5.85. The molecule has 2 heterocycles. The molecule has 0 spiro atoms. The van der Waals surface area contributed by atoms with E-state index >= 15 is 0 Å². The molecule has 160 valence electrons. The van der Waals surface area contributed by atoms with E-state index in [9.17, 15) is 14.4 Å². The number of aryl methyl sites for hydroxylation is 3. The molecule has 1 amide bonds. The van der Waals surface area contributed by atoms with Crippen molar-refractivity contribution >= 4 is 5.91 Å². The van der Waals surface area contributed by atoms with Gasteiger partial charge in [0, 0.05) is 13.1 Å². The minimum atomic E-state index is -0.650. The smallest absolute Gasteiger partial charge is 0.337 e. The van der Waals surface area contributed by atoms with E-state index in [1.807, 2.05) is 57.2 Å². The first-order chi connectivity index (χ1) is 14.8. The highest BCUT2D eigenvalue weighted by Gasteiger charge is 2.26. The van der Waals surface area contributed by atoms with E-state index in [1.165, 1.54) is 4.68 Å². The van der Waals surface area contributed by atoms with Gasteiger partial charge in [-0.05, 0) is 62.4 Å². The van der Waals surface area contributed by atoms with E-state index in [-0.39, 0.29) is 12.2 Å². The molecular formula is C24H26N4O3. The summed E-state index contributed by atoms with van der Waals surface area (Å²) in [6.45, 7) is 7.17. The Labute approximate surface area is 180 Å². The first kappa shape index (κ1) is 20.8. The Kier molecular flexibility index (Phi) is 5.59. The first-order valence-corrected chi connectivity index (χ1v) is 10.5. The second-order valence-corrected chi connectivity index (χ2v) is 8.19. The van der Waals surface area contributed by atoms with Crippen molar-refractivity contribution in [3.63, 3.8) is 0 Å². The van der Waals surface area contributed by atoms with Gasteiger partial charge in [-0.25, -0.2) is 4.79 Å². The molecule has 7 nitrogen and oxygen atoms in total. The second kappa shape index (κ2) is 8.34. The normalized spacial score (nSPS) is 13.6. The maximum atomic E-state index is 13.3. The van der Waals surface area contributed by atoms with Crippen molar-refractivity contribution in [2.45, 2.75) is 40.2 Å². The standard InChI is InChI=1S/C24H26N4O3/c1-16-6-9-19(10-7-16)15-27-23(30)21(22(29)26-12-4-5-13-26)25-28(24(27)31)20-11-8-17(2)18(3)14-20/h6-11,14H,4-5,12-13,15H2,1-3H3. The summed E-state index contributed by atoms with van der Waals surface area (Å²) in [6.07, 6.45) is 1.81. The van der Waals surface area contributed by atoms with Crippen LogP contribution in [0.5, 0.6) is 0 Å². The number of amides is 1. The quantitative estimate of drug-likeness (QED) is 0.653. The monoisotopic (exact) mass is 418 g/mol. The van der Waals surface area contributed by atoms with Crippen molar-refractivity contribution in [1.29, 1.82) is 0 Å². The number of carbonyl (C=O) groups excluding carboxylic acids is 1. The average Bonchev–Trinajstić information content (AvgIpc) is 3.29. The maximum Gasteiger partial charge on any atom is 0.352 e. The molecule has 0 bridgehead atoms. The van der Waals surface area contributed by atoms with Crippen molar-refractivity contribution in [3.05, 3.63) is 91.3 Å². The fraction of sp³-hybridized carbons (Fsp3) is 0.333. The molecule has 1 saturated heterocycles. The van der Waals surface area contributed by atoms with Crippen LogP contribution < -0.4 is 11.2 Å². The van der Waals surface area contributed by atoms with E-state index < -0.39 is 17.2 Å². The number of carbonyl (C=O) groups is 1. The number of rotatable bonds is 4. The number of hydrogen-bond acceptors (Lipinski definition) is 4. The van der Waals surface area contributed by atoms with Crippen LogP contribution in [-0.4, -0.2) is 38.2 Å². The summed E-state index contributed by atoms with van der Waals surface area (Å²) in [7, 11) is 0. The Morgan fingerprint density at radius 3 is 2.26 bits per heavy atom. The molecule has 0 unspecified atom stereocenters. The molecule has 1 aromatic heterocycles. The van der Waals surface area contributed by atoms with Gasteiger partial charge >= 0.3 is 5.69 Å². The third kappa shape index (κ3) is 4.08. The lowest BCUT2D eigenvalue weighted by molar-refractivity contribution is 0.0781. The van der Waals surface area contributed by atoms with Crippen molar-refractivity contribution < 1.29 is 4.79 Å². The summed E-state index contributed by atoms with van der Waals surface area (Å²) < 4.78 is 2.28. The molecule has 0 aliphatic carbocycles. The topological polar surface area (TPSA) is 77.2 Å². The van der Waals surface area contributed by atoms with Crippen LogP contribution in [0.15, 0.2) is 52.1 Å². The molecule has 0 N–H and O–H groups in total. The average molecular weight is 418 g/mol. The van der Waals surface area contributed by atoms with E-state index in [4.69, 9.17) is 0 Å². The molecule has 7 heteroatoms. The number of nitrogens with zero attached hydrogens (tertiary/aromatic N) is 4. The lowest BCUT2D eigenvalue weighted by Gasteiger charge is -2.17. The van der Waals surface area contributed by atoms with Gasteiger partial charge in [0.05, 0.1) is 12.2 Å². The molecule has 3 aromatic rings. The maximum absolute atomic E-state index is 13.3. The highest BCUT2D eigenvalue weighted by atomic mass is 16.2. The lowest BCUT2D eigenvalue weighted by Crippen LogP contribution is -2.46. The van der Waals surface area contributed by atoms with Crippen LogP contribution >= 0.6 is 0 Å². The van der Waals surface area contributed by atoms with Crippen LogP contribution in [-0.2, 0) is 6.54 Å². The molecule has 1 aliphatic heterocycles. The zero-order chi connectivity index (χ0) is 22.1. The van der Waals surface area contributed by atoms with E-state index in [1.54, 1.807) is 11.0 Å². The Hall–Kier alpha value is -3.48. The SMILES string of the molecule is Cc1ccc(Cn2c(=O)c(C(=O)N3CCCC3)nn(-c3ccc(C)c(C)c3)c2=O)cc1. The molecule has 2 aromatic carbocycles. The number of aromatic nitrogens is 3. The molecule has 0 radical (unpaired) electrons. The number of likely N-dealkylation sites (tertiary alicyclic amines) is 1. The van der Waals surface area contributed by atoms with E-state index in [0.29, 0.717) is 18.8 Å². The van der Waals surface area contributed by atoms with Crippen LogP contribution in [0.1, 0.15) is 45.6 Å².